The Morgan fingerprint density at radius 1 is 0.944 bits per heavy atom. The van der Waals surface area contributed by atoms with Gasteiger partial charge in [-0.25, -0.2) is 0 Å². The van der Waals surface area contributed by atoms with Crippen LogP contribution in [0, 0.1) is 13.8 Å². The second-order valence-corrected chi connectivity index (χ2v) is 10.1. The van der Waals surface area contributed by atoms with Crippen LogP contribution in [-0.2, 0) is 4.79 Å². The highest BCUT2D eigenvalue weighted by atomic mass is 32.2. The molecule has 1 heterocycles. The minimum atomic E-state index is -0.269. The topological polar surface area (TPSA) is 105 Å². The number of nitrogens with zero attached hydrogens (tertiary/aromatic N) is 2. The monoisotopic (exact) mass is 519 g/mol. The van der Waals surface area contributed by atoms with Crippen molar-refractivity contribution >= 4 is 57.1 Å². The quantitative estimate of drug-likeness (QED) is 0.237. The zero-order valence-electron chi connectivity index (χ0n) is 20.0. The van der Waals surface area contributed by atoms with Crippen LogP contribution in [0.5, 0.6) is 5.75 Å². The molecule has 0 fully saturated rings. The maximum atomic E-state index is 12.6. The summed E-state index contributed by atoms with van der Waals surface area (Å²) in [6.07, 6.45) is 0. The summed E-state index contributed by atoms with van der Waals surface area (Å²) in [5, 5.41) is 17.9. The molecular formula is C26H25N5O3S2. The van der Waals surface area contributed by atoms with Gasteiger partial charge in [0.25, 0.3) is 5.91 Å². The first-order chi connectivity index (χ1) is 17.4. The molecule has 4 aromatic rings. The van der Waals surface area contributed by atoms with Crippen LogP contribution in [0.4, 0.5) is 22.2 Å². The molecule has 36 heavy (non-hydrogen) atoms. The Kier molecular flexibility index (Phi) is 8.19. The van der Waals surface area contributed by atoms with E-state index in [1.165, 1.54) is 28.7 Å². The van der Waals surface area contributed by atoms with E-state index < -0.39 is 0 Å². The number of anilines is 4. The van der Waals surface area contributed by atoms with E-state index in [0.29, 0.717) is 32.2 Å². The predicted molar refractivity (Wildman–Crippen MR) is 146 cm³/mol. The number of carbonyl (C=O) groups excluding carboxylic acids is 2. The Morgan fingerprint density at radius 3 is 2.47 bits per heavy atom. The average molecular weight is 520 g/mol. The Balaban J connectivity index is 1.27. The molecule has 0 spiro atoms. The van der Waals surface area contributed by atoms with E-state index in [-0.39, 0.29) is 17.6 Å². The summed E-state index contributed by atoms with van der Waals surface area (Å²) >= 11 is 2.71. The number of hydrogen-bond acceptors (Lipinski definition) is 8. The van der Waals surface area contributed by atoms with E-state index in [9.17, 15) is 9.59 Å². The molecule has 3 N–H and O–H groups in total. The van der Waals surface area contributed by atoms with E-state index >= 15 is 0 Å². The van der Waals surface area contributed by atoms with Crippen molar-refractivity contribution in [2.24, 2.45) is 0 Å². The maximum Gasteiger partial charge on any atom is 0.255 e. The van der Waals surface area contributed by atoms with Crippen molar-refractivity contribution in [3.8, 4) is 5.75 Å². The van der Waals surface area contributed by atoms with Gasteiger partial charge in [0.15, 0.2) is 4.34 Å². The first kappa shape index (κ1) is 25.2. The third kappa shape index (κ3) is 6.61. The molecule has 1 aromatic heterocycles. The van der Waals surface area contributed by atoms with E-state index in [0.717, 1.165) is 11.3 Å². The fourth-order valence-corrected chi connectivity index (χ4v) is 4.92. The van der Waals surface area contributed by atoms with E-state index in [1.807, 2.05) is 31.2 Å². The van der Waals surface area contributed by atoms with Gasteiger partial charge in [0.05, 0.1) is 18.6 Å². The number of carbonyl (C=O) groups is 2. The summed E-state index contributed by atoms with van der Waals surface area (Å²) < 4.78 is 5.96. The summed E-state index contributed by atoms with van der Waals surface area (Å²) in [7, 11) is 1.55. The third-order valence-corrected chi connectivity index (χ3v) is 7.11. The lowest BCUT2D eigenvalue weighted by Crippen LogP contribution is -2.15. The van der Waals surface area contributed by atoms with Gasteiger partial charge in [-0.3, -0.25) is 9.59 Å². The van der Waals surface area contributed by atoms with Crippen LogP contribution in [0.1, 0.15) is 21.5 Å². The number of rotatable bonds is 9. The van der Waals surface area contributed by atoms with Crippen LogP contribution in [-0.4, -0.2) is 34.9 Å². The number of amides is 2. The van der Waals surface area contributed by atoms with E-state index in [4.69, 9.17) is 4.74 Å². The molecule has 10 heteroatoms. The standard InChI is InChI=1S/C26H25N5O3S2/c1-16-8-13-20(17(2)14-16)29-25-30-31-26(36-25)35-15-23(32)27-19-11-9-18(10-12-19)24(33)28-21-6-4-5-7-22(21)34-3/h4-14H,15H2,1-3H3,(H,27,32)(H,28,33)(H,29,30). The number of benzene rings is 3. The minimum absolute atomic E-state index is 0.176. The number of para-hydroxylation sites is 2. The molecule has 184 valence electrons. The molecular weight excluding hydrogens is 494 g/mol. The van der Waals surface area contributed by atoms with Gasteiger partial charge in [-0.1, -0.05) is 52.9 Å². The van der Waals surface area contributed by atoms with Crippen LogP contribution in [0.15, 0.2) is 71.1 Å². The highest BCUT2D eigenvalue weighted by Crippen LogP contribution is 2.29. The number of hydrogen-bond donors (Lipinski definition) is 3. The molecule has 0 aliphatic rings. The molecule has 0 saturated heterocycles. The fourth-order valence-electron chi connectivity index (χ4n) is 3.36. The van der Waals surface area contributed by atoms with Gasteiger partial charge in [-0.05, 0) is 61.9 Å². The van der Waals surface area contributed by atoms with E-state index in [1.54, 1.807) is 43.5 Å². The van der Waals surface area contributed by atoms with Crippen LogP contribution in [0.2, 0.25) is 0 Å². The zero-order chi connectivity index (χ0) is 25.5. The molecule has 2 amide bonds. The number of aromatic nitrogens is 2. The number of methoxy groups -OCH3 is 1. The number of ether oxygens (including phenoxy) is 1. The lowest BCUT2D eigenvalue weighted by atomic mass is 10.1. The SMILES string of the molecule is COc1ccccc1NC(=O)c1ccc(NC(=O)CSc2nnc(Nc3ccc(C)cc3C)s2)cc1. The van der Waals surface area contributed by atoms with Gasteiger partial charge in [0.2, 0.25) is 11.0 Å². The molecule has 3 aromatic carbocycles. The van der Waals surface area contributed by atoms with Crippen LogP contribution in [0.3, 0.4) is 0 Å². The number of nitrogens with one attached hydrogen (secondary N) is 3. The smallest absolute Gasteiger partial charge is 0.255 e. The average Bonchev–Trinajstić information content (AvgIpc) is 3.32. The first-order valence-electron chi connectivity index (χ1n) is 11.1. The van der Waals surface area contributed by atoms with Crippen molar-refractivity contribution in [3.05, 3.63) is 83.4 Å². The van der Waals surface area contributed by atoms with Gasteiger partial charge in [0.1, 0.15) is 5.75 Å². The molecule has 4 rings (SSSR count). The van der Waals surface area contributed by atoms with E-state index in [2.05, 4.69) is 39.1 Å². The maximum absolute atomic E-state index is 12.6. The molecule has 0 atom stereocenters. The highest BCUT2D eigenvalue weighted by molar-refractivity contribution is 8.01. The van der Waals surface area contributed by atoms with Gasteiger partial charge < -0.3 is 20.7 Å². The Morgan fingerprint density at radius 2 is 1.72 bits per heavy atom. The molecule has 0 saturated carbocycles. The Labute approximate surface area is 217 Å². The lowest BCUT2D eigenvalue weighted by molar-refractivity contribution is -0.113. The first-order valence-corrected chi connectivity index (χ1v) is 12.9. The second kappa shape index (κ2) is 11.7. The number of thioether (sulfide) groups is 1. The van der Waals surface area contributed by atoms with Gasteiger partial charge in [-0.2, -0.15) is 0 Å². The lowest BCUT2D eigenvalue weighted by Gasteiger charge is -2.10. The van der Waals surface area contributed by atoms with Gasteiger partial charge >= 0.3 is 0 Å². The van der Waals surface area contributed by atoms with Crippen molar-refractivity contribution in [3.63, 3.8) is 0 Å². The molecule has 0 bridgehead atoms. The highest BCUT2D eigenvalue weighted by Gasteiger charge is 2.12. The Hall–Kier alpha value is -3.89. The predicted octanol–water partition coefficient (Wildman–Crippen LogP) is 5.89. The van der Waals surface area contributed by atoms with Crippen molar-refractivity contribution in [1.29, 1.82) is 0 Å². The number of aryl methyl sites for hydroxylation is 2. The van der Waals surface area contributed by atoms with Crippen molar-refractivity contribution in [2.75, 3.05) is 28.8 Å². The van der Waals surface area contributed by atoms with Gasteiger partial charge in [-0.15, -0.1) is 10.2 Å². The summed E-state index contributed by atoms with van der Waals surface area (Å²) in [4.78, 5) is 25.0. The van der Waals surface area contributed by atoms with Gasteiger partial charge in [0, 0.05) is 16.9 Å². The van der Waals surface area contributed by atoms with Crippen molar-refractivity contribution < 1.29 is 14.3 Å². The molecule has 8 nitrogen and oxygen atoms in total. The van der Waals surface area contributed by atoms with Crippen LogP contribution < -0.4 is 20.7 Å². The third-order valence-electron chi connectivity index (χ3n) is 5.14. The zero-order valence-corrected chi connectivity index (χ0v) is 21.6. The summed E-state index contributed by atoms with van der Waals surface area (Å²) in [5.41, 5.74) is 4.95. The van der Waals surface area contributed by atoms with Crippen LogP contribution in [0.25, 0.3) is 0 Å². The Bertz CT molecular complexity index is 1370. The van der Waals surface area contributed by atoms with Crippen LogP contribution >= 0.6 is 23.1 Å². The summed E-state index contributed by atoms with van der Waals surface area (Å²) in [6, 6.07) is 20.0. The normalized spacial score (nSPS) is 10.5. The van der Waals surface area contributed by atoms with Crippen molar-refractivity contribution in [1.82, 2.24) is 10.2 Å². The fraction of sp³-hybridized carbons (Fsp3) is 0.154. The second-order valence-electron chi connectivity index (χ2n) is 7.89. The summed E-state index contributed by atoms with van der Waals surface area (Å²) in [6.45, 7) is 4.09. The molecule has 0 aliphatic heterocycles. The largest absolute Gasteiger partial charge is 0.495 e. The summed E-state index contributed by atoms with van der Waals surface area (Å²) in [5.74, 6) is 0.324. The molecule has 0 aliphatic carbocycles. The minimum Gasteiger partial charge on any atom is -0.495 e. The molecule has 0 unspecified atom stereocenters. The van der Waals surface area contributed by atoms with Crippen molar-refractivity contribution in [2.45, 2.75) is 18.2 Å². The molecule has 0 radical (unpaired) electrons.